The van der Waals surface area contributed by atoms with E-state index in [4.69, 9.17) is 5.73 Å². The highest BCUT2D eigenvalue weighted by Crippen LogP contribution is 2.22. The lowest BCUT2D eigenvalue weighted by Gasteiger charge is -2.18. The van der Waals surface area contributed by atoms with Gasteiger partial charge in [0.2, 0.25) is 0 Å². The molecule has 0 heterocycles. The van der Waals surface area contributed by atoms with Gasteiger partial charge in [0.15, 0.2) is 0 Å². The summed E-state index contributed by atoms with van der Waals surface area (Å²) in [5.74, 6) is 5.90. The lowest BCUT2D eigenvalue weighted by Crippen LogP contribution is -2.10. The smallest absolute Gasteiger partial charge is 0.0555 e. The van der Waals surface area contributed by atoms with Crippen LogP contribution in [0, 0.1) is 11.8 Å². The molecule has 0 amide bonds. The lowest BCUT2D eigenvalue weighted by atomic mass is 9.86. The zero-order valence-corrected chi connectivity index (χ0v) is 9.09. The van der Waals surface area contributed by atoms with Crippen molar-refractivity contribution < 1.29 is 0 Å². The molecule has 1 heteroatoms. The largest absolute Gasteiger partial charge is 0.320 e. The average molecular weight is 187 g/mol. The van der Waals surface area contributed by atoms with E-state index in [0.29, 0.717) is 6.54 Å². The summed E-state index contributed by atoms with van der Waals surface area (Å²) in [5, 5.41) is 0. The van der Waals surface area contributed by atoms with E-state index in [1.807, 2.05) is 12.1 Å². The molecule has 0 saturated heterocycles. The molecule has 0 bridgehead atoms. The molecule has 0 atom stereocenters. The molecule has 0 saturated carbocycles. The first kappa shape index (κ1) is 10.8. The van der Waals surface area contributed by atoms with E-state index in [-0.39, 0.29) is 5.41 Å². The highest BCUT2D eigenvalue weighted by molar-refractivity contribution is 5.39. The molecule has 0 aliphatic rings. The van der Waals surface area contributed by atoms with Crippen molar-refractivity contribution in [2.45, 2.75) is 26.2 Å². The third-order valence-electron chi connectivity index (χ3n) is 2.06. The predicted octanol–water partition coefficient (Wildman–Crippen LogP) is 2.29. The van der Waals surface area contributed by atoms with Crippen LogP contribution in [0.3, 0.4) is 0 Å². The van der Waals surface area contributed by atoms with Crippen LogP contribution < -0.4 is 5.73 Å². The molecular weight excluding hydrogens is 170 g/mol. The van der Waals surface area contributed by atoms with Crippen molar-refractivity contribution in [2.75, 3.05) is 6.54 Å². The Kier molecular flexibility index (Phi) is 3.33. The van der Waals surface area contributed by atoms with E-state index in [2.05, 4.69) is 44.7 Å². The summed E-state index contributed by atoms with van der Waals surface area (Å²) < 4.78 is 0. The van der Waals surface area contributed by atoms with Crippen LogP contribution in [0.5, 0.6) is 0 Å². The van der Waals surface area contributed by atoms with E-state index in [1.54, 1.807) is 0 Å². The second kappa shape index (κ2) is 4.30. The molecule has 1 nitrogen and oxygen atoms in total. The van der Waals surface area contributed by atoms with Crippen molar-refractivity contribution in [1.29, 1.82) is 0 Å². The Bertz CT molecular complexity index is 361. The van der Waals surface area contributed by atoms with Gasteiger partial charge in [-0.25, -0.2) is 0 Å². The molecule has 2 N–H and O–H groups in total. The highest BCUT2D eigenvalue weighted by Gasteiger charge is 2.12. The summed E-state index contributed by atoms with van der Waals surface area (Å²) in [7, 11) is 0. The Morgan fingerprint density at radius 2 is 2.00 bits per heavy atom. The Balaban J connectivity index is 3.02. The molecule has 0 aromatic heterocycles. The van der Waals surface area contributed by atoms with Crippen LogP contribution in [-0.4, -0.2) is 6.54 Å². The molecule has 0 aliphatic heterocycles. The minimum Gasteiger partial charge on any atom is -0.320 e. The van der Waals surface area contributed by atoms with Crippen LogP contribution in [0.4, 0.5) is 0 Å². The molecule has 1 rings (SSSR count). The number of benzene rings is 1. The standard InChI is InChI=1S/C13H17N/c1-13(2,3)12-8-4-6-11(10-12)7-5-9-14/h4,6,8,10H,9,14H2,1-3H3. The molecule has 1 aromatic rings. The quantitative estimate of drug-likeness (QED) is 0.620. The van der Waals surface area contributed by atoms with Gasteiger partial charge < -0.3 is 5.73 Å². The minimum atomic E-state index is 0.181. The first-order valence-corrected chi connectivity index (χ1v) is 4.83. The summed E-state index contributed by atoms with van der Waals surface area (Å²) in [4.78, 5) is 0. The highest BCUT2D eigenvalue weighted by atomic mass is 14.5. The van der Waals surface area contributed by atoms with Crippen LogP contribution in [0.1, 0.15) is 31.9 Å². The van der Waals surface area contributed by atoms with Gasteiger partial charge in [-0.05, 0) is 23.1 Å². The number of hydrogen-bond donors (Lipinski definition) is 1. The summed E-state index contributed by atoms with van der Waals surface area (Å²) in [6.07, 6.45) is 0. The third-order valence-corrected chi connectivity index (χ3v) is 2.06. The number of hydrogen-bond acceptors (Lipinski definition) is 1. The van der Waals surface area contributed by atoms with Crippen molar-refractivity contribution in [1.82, 2.24) is 0 Å². The molecule has 0 radical (unpaired) electrons. The summed E-state index contributed by atoms with van der Waals surface area (Å²) in [6.45, 7) is 7.01. The third kappa shape index (κ3) is 2.90. The van der Waals surface area contributed by atoms with Crippen molar-refractivity contribution in [3.05, 3.63) is 35.4 Å². The van der Waals surface area contributed by atoms with Crippen LogP contribution in [-0.2, 0) is 5.41 Å². The Labute approximate surface area is 86.3 Å². The van der Waals surface area contributed by atoms with Gasteiger partial charge >= 0.3 is 0 Å². The molecule has 74 valence electrons. The maximum atomic E-state index is 5.33. The summed E-state index contributed by atoms with van der Waals surface area (Å²) >= 11 is 0. The molecule has 14 heavy (non-hydrogen) atoms. The SMILES string of the molecule is CC(C)(C)c1cccc(C#CCN)c1. The van der Waals surface area contributed by atoms with Gasteiger partial charge in [-0.1, -0.05) is 44.7 Å². The molecule has 0 unspecified atom stereocenters. The fourth-order valence-corrected chi connectivity index (χ4v) is 1.22. The Morgan fingerprint density at radius 3 is 2.57 bits per heavy atom. The monoisotopic (exact) mass is 187 g/mol. The summed E-state index contributed by atoms with van der Waals surface area (Å²) in [5.41, 5.74) is 7.86. The van der Waals surface area contributed by atoms with Crippen LogP contribution in [0.2, 0.25) is 0 Å². The van der Waals surface area contributed by atoms with Gasteiger partial charge in [0, 0.05) is 5.56 Å². The van der Waals surface area contributed by atoms with E-state index in [0.717, 1.165) is 5.56 Å². The lowest BCUT2D eigenvalue weighted by molar-refractivity contribution is 0.590. The average Bonchev–Trinajstić information content (AvgIpc) is 2.14. The second-order valence-corrected chi connectivity index (χ2v) is 4.34. The van der Waals surface area contributed by atoms with Crippen molar-refractivity contribution in [2.24, 2.45) is 5.73 Å². The Morgan fingerprint density at radius 1 is 1.29 bits per heavy atom. The first-order valence-electron chi connectivity index (χ1n) is 4.83. The van der Waals surface area contributed by atoms with E-state index in [1.165, 1.54) is 5.56 Å². The van der Waals surface area contributed by atoms with Crippen LogP contribution in [0.25, 0.3) is 0 Å². The van der Waals surface area contributed by atoms with Gasteiger partial charge in [-0.3, -0.25) is 0 Å². The van der Waals surface area contributed by atoms with Crippen molar-refractivity contribution in [3.8, 4) is 11.8 Å². The first-order chi connectivity index (χ1) is 6.54. The predicted molar refractivity (Wildman–Crippen MR) is 61.1 cm³/mol. The fraction of sp³-hybridized carbons (Fsp3) is 0.385. The van der Waals surface area contributed by atoms with Gasteiger partial charge in [0.05, 0.1) is 6.54 Å². The number of nitrogens with two attached hydrogens (primary N) is 1. The maximum Gasteiger partial charge on any atom is 0.0555 e. The maximum absolute atomic E-state index is 5.33. The minimum absolute atomic E-state index is 0.181. The van der Waals surface area contributed by atoms with Crippen molar-refractivity contribution in [3.63, 3.8) is 0 Å². The second-order valence-electron chi connectivity index (χ2n) is 4.34. The zero-order valence-electron chi connectivity index (χ0n) is 9.09. The fourth-order valence-electron chi connectivity index (χ4n) is 1.22. The molecule has 0 aliphatic carbocycles. The zero-order chi connectivity index (χ0) is 10.6. The topological polar surface area (TPSA) is 26.0 Å². The van der Waals surface area contributed by atoms with E-state index < -0.39 is 0 Å². The van der Waals surface area contributed by atoms with Crippen LogP contribution >= 0.6 is 0 Å². The van der Waals surface area contributed by atoms with Crippen LogP contribution in [0.15, 0.2) is 24.3 Å². The molecule has 0 fully saturated rings. The van der Waals surface area contributed by atoms with Gasteiger partial charge in [-0.2, -0.15) is 0 Å². The summed E-state index contributed by atoms with van der Waals surface area (Å²) in [6, 6.07) is 8.31. The van der Waals surface area contributed by atoms with E-state index >= 15 is 0 Å². The molecule has 0 spiro atoms. The number of rotatable bonds is 0. The van der Waals surface area contributed by atoms with E-state index in [9.17, 15) is 0 Å². The normalized spacial score (nSPS) is 10.6. The molecular formula is C13H17N. The van der Waals surface area contributed by atoms with Gasteiger partial charge in [0.25, 0.3) is 0 Å². The Hall–Kier alpha value is -1.26. The van der Waals surface area contributed by atoms with Crippen molar-refractivity contribution >= 4 is 0 Å². The van der Waals surface area contributed by atoms with Gasteiger partial charge in [0.1, 0.15) is 0 Å². The van der Waals surface area contributed by atoms with Gasteiger partial charge in [-0.15, -0.1) is 0 Å². The molecule has 1 aromatic carbocycles.